The minimum atomic E-state index is -0.673. The zero-order chi connectivity index (χ0) is 10.6. The fourth-order valence-electron chi connectivity index (χ4n) is 1.31. The van der Waals surface area contributed by atoms with Gasteiger partial charge in [0.25, 0.3) is 0 Å². The lowest BCUT2D eigenvalue weighted by atomic mass is 10.2. The average Bonchev–Trinajstić information content (AvgIpc) is 2.65. The van der Waals surface area contributed by atoms with Crippen molar-refractivity contribution in [3.8, 4) is 0 Å². The second-order valence-electron chi connectivity index (χ2n) is 3.17. The predicted octanol–water partition coefficient (Wildman–Crippen LogP) is 0.290. The van der Waals surface area contributed by atoms with Gasteiger partial charge in [0.2, 0.25) is 0 Å². The van der Waals surface area contributed by atoms with Crippen molar-refractivity contribution in [1.29, 1.82) is 0 Å². The maximum absolute atomic E-state index is 9.72. The summed E-state index contributed by atoms with van der Waals surface area (Å²) >= 11 is 0. The van der Waals surface area contributed by atoms with Crippen LogP contribution in [0, 0.1) is 0 Å². The average molecular weight is 198 g/mol. The quantitative estimate of drug-likeness (QED) is 0.513. The molecule has 5 heteroatoms. The Morgan fingerprint density at radius 2 is 2.36 bits per heavy atom. The summed E-state index contributed by atoms with van der Waals surface area (Å²) in [4.78, 5) is 7.11. The molecule has 0 spiro atoms. The van der Waals surface area contributed by atoms with Gasteiger partial charge in [0.1, 0.15) is 6.23 Å². The molecule has 1 unspecified atom stereocenters. The lowest BCUT2D eigenvalue weighted by Crippen LogP contribution is -2.24. The first kappa shape index (κ1) is 11.2. The highest BCUT2D eigenvalue weighted by atomic mass is 16.3. The molecule has 0 aliphatic carbocycles. The molecular weight excluding hydrogens is 180 g/mol. The first-order valence-electron chi connectivity index (χ1n) is 4.82. The molecule has 1 rings (SSSR count). The monoisotopic (exact) mass is 198 g/mol. The number of aliphatic hydroxyl groups is 1. The second-order valence-corrected chi connectivity index (χ2v) is 3.17. The molecule has 0 bridgehead atoms. The summed E-state index contributed by atoms with van der Waals surface area (Å²) in [6.45, 7) is 4.66. The summed E-state index contributed by atoms with van der Waals surface area (Å²) in [6.07, 6.45) is 0.923. The number of hydrogen-bond acceptors (Lipinski definition) is 4. The number of aliphatic hydroxyl groups excluding tert-OH is 1. The summed E-state index contributed by atoms with van der Waals surface area (Å²) in [5.74, 6) is 0. The van der Waals surface area contributed by atoms with Crippen molar-refractivity contribution in [1.82, 2.24) is 20.6 Å². The lowest BCUT2D eigenvalue weighted by Gasteiger charge is -2.14. The zero-order valence-corrected chi connectivity index (χ0v) is 8.83. The van der Waals surface area contributed by atoms with Crippen LogP contribution in [0.25, 0.3) is 0 Å². The van der Waals surface area contributed by atoms with E-state index in [2.05, 4.69) is 20.6 Å². The van der Waals surface area contributed by atoms with E-state index in [-0.39, 0.29) is 6.04 Å². The summed E-state index contributed by atoms with van der Waals surface area (Å²) in [6, 6.07) is 0.129. The normalized spacial score (nSPS) is 15.4. The summed E-state index contributed by atoms with van der Waals surface area (Å²) < 4.78 is 0. The molecule has 0 amide bonds. The van der Waals surface area contributed by atoms with Crippen molar-refractivity contribution in [3.05, 3.63) is 17.7 Å². The number of aromatic nitrogens is 2. The van der Waals surface area contributed by atoms with Gasteiger partial charge in [-0.1, -0.05) is 6.92 Å². The van der Waals surface area contributed by atoms with E-state index in [0.717, 1.165) is 11.4 Å². The maximum Gasteiger partial charge on any atom is 0.147 e. The largest absolute Gasteiger partial charge is 0.373 e. The maximum atomic E-state index is 9.72. The number of nitrogens with one attached hydrogen (secondary N) is 3. The molecule has 14 heavy (non-hydrogen) atoms. The van der Waals surface area contributed by atoms with E-state index in [1.807, 2.05) is 20.9 Å². The van der Waals surface area contributed by atoms with Crippen LogP contribution in [0.3, 0.4) is 0 Å². The smallest absolute Gasteiger partial charge is 0.147 e. The van der Waals surface area contributed by atoms with E-state index < -0.39 is 6.23 Å². The molecule has 0 radical (unpaired) electrons. The van der Waals surface area contributed by atoms with Crippen LogP contribution in [-0.4, -0.2) is 28.7 Å². The van der Waals surface area contributed by atoms with E-state index in [1.165, 1.54) is 0 Å². The van der Waals surface area contributed by atoms with Gasteiger partial charge in [-0.05, 0) is 20.5 Å². The number of aromatic amines is 1. The number of imidazole rings is 1. The minimum absolute atomic E-state index is 0.129. The van der Waals surface area contributed by atoms with Crippen molar-refractivity contribution in [3.63, 3.8) is 0 Å². The number of rotatable bonds is 5. The second kappa shape index (κ2) is 5.09. The fraction of sp³-hybridized carbons (Fsp3) is 0.667. The molecule has 0 saturated heterocycles. The Morgan fingerprint density at radius 3 is 2.93 bits per heavy atom. The third kappa shape index (κ3) is 2.31. The van der Waals surface area contributed by atoms with Crippen LogP contribution in [0.1, 0.15) is 37.5 Å². The van der Waals surface area contributed by atoms with E-state index in [1.54, 1.807) is 6.33 Å². The van der Waals surface area contributed by atoms with E-state index in [9.17, 15) is 5.11 Å². The molecule has 0 saturated carbocycles. The van der Waals surface area contributed by atoms with Gasteiger partial charge in [-0.3, -0.25) is 5.32 Å². The van der Waals surface area contributed by atoms with Crippen LogP contribution in [0.15, 0.2) is 6.33 Å². The summed E-state index contributed by atoms with van der Waals surface area (Å²) in [7, 11) is 1.86. The van der Waals surface area contributed by atoms with Crippen molar-refractivity contribution in [2.45, 2.75) is 26.1 Å². The molecule has 0 aliphatic rings. The first-order chi connectivity index (χ1) is 6.70. The molecule has 0 fully saturated rings. The fourth-order valence-corrected chi connectivity index (χ4v) is 1.31. The predicted molar refractivity (Wildman–Crippen MR) is 54.7 cm³/mol. The summed E-state index contributed by atoms with van der Waals surface area (Å²) in [5.41, 5.74) is 1.58. The van der Waals surface area contributed by atoms with Crippen LogP contribution in [0.4, 0.5) is 0 Å². The Bertz CT molecular complexity index is 274. The first-order valence-corrected chi connectivity index (χ1v) is 4.82. The van der Waals surface area contributed by atoms with Crippen molar-refractivity contribution >= 4 is 0 Å². The Balaban J connectivity index is 2.81. The van der Waals surface area contributed by atoms with Crippen LogP contribution in [0.2, 0.25) is 0 Å². The highest BCUT2D eigenvalue weighted by molar-refractivity contribution is 5.16. The molecule has 1 aromatic rings. The highest BCUT2D eigenvalue weighted by Crippen LogP contribution is 2.17. The van der Waals surface area contributed by atoms with Crippen molar-refractivity contribution < 1.29 is 5.11 Å². The number of H-pyrrole nitrogens is 1. The SMILES string of the molecule is CCNC(O)c1[nH]cnc1[C@@H](C)NC. The Labute approximate surface area is 83.9 Å². The minimum Gasteiger partial charge on any atom is -0.373 e. The molecule has 0 aliphatic heterocycles. The highest BCUT2D eigenvalue weighted by Gasteiger charge is 2.17. The van der Waals surface area contributed by atoms with Crippen LogP contribution in [0.5, 0.6) is 0 Å². The lowest BCUT2D eigenvalue weighted by molar-refractivity contribution is 0.136. The van der Waals surface area contributed by atoms with Gasteiger partial charge < -0.3 is 15.4 Å². The molecule has 1 aromatic heterocycles. The van der Waals surface area contributed by atoms with E-state index >= 15 is 0 Å². The third-order valence-corrected chi connectivity index (χ3v) is 2.21. The van der Waals surface area contributed by atoms with E-state index in [4.69, 9.17) is 0 Å². The number of nitrogens with zero attached hydrogens (tertiary/aromatic N) is 1. The van der Waals surface area contributed by atoms with Crippen LogP contribution in [-0.2, 0) is 0 Å². The van der Waals surface area contributed by atoms with Gasteiger partial charge in [0, 0.05) is 6.04 Å². The van der Waals surface area contributed by atoms with Gasteiger partial charge in [-0.15, -0.1) is 0 Å². The Hall–Kier alpha value is -0.910. The standard InChI is InChI=1S/C9H18N4O/c1-4-11-9(14)8-7(6(2)10-3)12-5-13-8/h5-6,9-11,14H,4H2,1-3H3,(H,12,13)/t6-,9?/m1/s1. The molecule has 0 aromatic carbocycles. The number of hydrogen-bond donors (Lipinski definition) is 4. The Kier molecular flexibility index (Phi) is 4.06. The zero-order valence-electron chi connectivity index (χ0n) is 8.83. The molecule has 4 N–H and O–H groups in total. The molecular formula is C9H18N4O. The molecule has 80 valence electrons. The molecule has 2 atom stereocenters. The molecule has 1 heterocycles. The molecule has 5 nitrogen and oxygen atoms in total. The van der Waals surface area contributed by atoms with Crippen molar-refractivity contribution in [2.75, 3.05) is 13.6 Å². The van der Waals surface area contributed by atoms with Gasteiger partial charge in [-0.2, -0.15) is 0 Å². The Morgan fingerprint density at radius 1 is 1.64 bits per heavy atom. The van der Waals surface area contributed by atoms with Gasteiger partial charge in [0.05, 0.1) is 17.7 Å². The van der Waals surface area contributed by atoms with Crippen LogP contribution >= 0.6 is 0 Å². The van der Waals surface area contributed by atoms with Crippen molar-refractivity contribution in [2.24, 2.45) is 0 Å². The van der Waals surface area contributed by atoms with Gasteiger partial charge >= 0.3 is 0 Å². The topological polar surface area (TPSA) is 73.0 Å². The van der Waals surface area contributed by atoms with Gasteiger partial charge in [0.15, 0.2) is 0 Å². The van der Waals surface area contributed by atoms with Gasteiger partial charge in [-0.25, -0.2) is 4.98 Å². The third-order valence-electron chi connectivity index (χ3n) is 2.21. The van der Waals surface area contributed by atoms with Crippen LogP contribution < -0.4 is 10.6 Å². The van der Waals surface area contributed by atoms with E-state index in [0.29, 0.717) is 6.54 Å². The summed E-state index contributed by atoms with van der Waals surface area (Å²) in [5, 5.41) is 15.7.